The number of pyridine rings is 1. The highest BCUT2D eigenvalue weighted by Crippen LogP contribution is 2.29. The molecule has 0 unspecified atom stereocenters. The first-order valence-corrected chi connectivity index (χ1v) is 5.44. The molecular formula is C15H10FN. The van der Waals surface area contributed by atoms with Crippen LogP contribution in [0.2, 0.25) is 0 Å². The van der Waals surface area contributed by atoms with Crippen LogP contribution in [-0.4, -0.2) is 4.98 Å². The fourth-order valence-electron chi connectivity index (χ4n) is 2.04. The lowest BCUT2D eigenvalue weighted by Gasteiger charge is -2.07. The van der Waals surface area contributed by atoms with Gasteiger partial charge in [-0.1, -0.05) is 36.4 Å². The average molecular weight is 223 g/mol. The van der Waals surface area contributed by atoms with Crippen LogP contribution >= 0.6 is 0 Å². The van der Waals surface area contributed by atoms with E-state index in [1.807, 2.05) is 30.3 Å². The number of nitrogens with zero attached hydrogens (tertiary/aromatic N) is 1. The molecule has 1 nitrogen and oxygen atoms in total. The van der Waals surface area contributed by atoms with Gasteiger partial charge in [0.1, 0.15) is 5.82 Å². The Morgan fingerprint density at radius 1 is 0.824 bits per heavy atom. The molecule has 17 heavy (non-hydrogen) atoms. The summed E-state index contributed by atoms with van der Waals surface area (Å²) in [5.74, 6) is -0.187. The maximum absolute atomic E-state index is 13.7. The lowest BCUT2D eigenvalue weighted by molar-refractivity contribution is 0.640. The second-order valence-electron chi connectivity index (χ2n) is 3.88. The number of fused-ring (bicyclic) bond motifs is 1. The maximum atomic E-state index is 13.7. The van der Waals surface area contributed by atoms with Gasteiger partial charge < -0.3 is 0 Å². The second-order valence-corrected chi connectivity index (χ2v) is 3.88. The van der Waals surface area contributed by atoms with Crippen LogP contribution in [0.15, 0.2) is 60.9 Å². The summed E-state index contributed by atoms with van der Waals surface area (Å²) < 4.78 is 13.7. The molecule has 2 aromatic carbocycles. The summed E-state index contributed by atoms with van der Waals surface area (Å²) in [6.07, 6.45) is 3.52. The van der Waals surface area contributed by atoms with Crippen molar-refractivity contribution in [3.63, 3.8) is 0 Å². The first kappa shape index (κ1) is 9.97. The van der Waals surface area contributed by atoms with Crippen LogP contribution in [0.1, 0.15) is 0 Å². The Kier molecular flexibility index (Phi) is 2.33. The third-order valence-corrected chi connectivity index (χ3v) is 2.84. The van der Waals surface area contributed by atoms with Gasteiger partial charge >= 0.3 is 0 Å². The molecule has 0 saturated carbocycles. The quantitative estimate of drug-likeness (QED) is 0.606. The van der Waals surface area contributed by atoms with Crippen molar-refractivity contribution in [3.8, 4) is 11.1 Å². The van der Waals surface area contributed by atoms with Gasteiger partial charge in [-0.3, -0.25) is 4.98 Å². The van der Waals surface area contributed by atoms with Gasteiger partial charge in [0.2, 0.25) is 0 Å². The summed E-state index contributed by atoms with van der Waals surface area (Å²) >= 11 is 0. The van der Waals surface area contributed by atoms with Crippen LogP contribution in [0.25, 0.3) is 21.9 Å². The summed E-state index contributed by atoms with van der Waals surface area (Å²) in [7, 11) is 0. The molecule has 0 amide bonds. The van der Waals surface area contributed by atoms with Crippen molar-refractivity contribution in [2.75, 3.05) is 0 Å². The molecule has 0 atom stereocenters. The van der Waals surface area contributed by atoms with Crippen LogP contribution in [-0.2, 0) is 0 Å². The zero-order valence-electron chi connectivity index (χ0n) is 9.10. The number of rotatable bonds is 1. The predicted molar refractivity (Wildman–Crippen MR) is 67.1 cm³/mol. The minimum atomic E-state index is -0.187. The lowest BCUT2D eigenvalue weighted by Crippen LogP contribution is -1.85. The van der Waals surface area contributed by atoms with E-state index >= 15 is 0 Å². The van der Waals surface area contributed by atoms with Gasteiger partial charge in [-0.05, 0) is 23.1 Å². The Hall–Kier alpha value is -2.22. The Morgan fingerprint density at radius 2 is 1.65 bits per heavy atom. The van der Waals surface area contributed by atoms with Gasteiger partial charge in [0.25, 0.3) is 0 Å². The zero-order chi connectivity index (χ0) is 11.7. The molecule has 3 rings (SSSR count). The van der Waals surface area contributed by atoms with E-state index in [1.54, 1.807) is 24.5 Å². The first-order valence-electron chi connectivity index (χ1n) is 5.44. The van der Waals surface area contributed by atoms with Crippen LogP contribution in [0.5, 0.6) is 0 Å². The normalized spacial score (nSPS) is 10.6. The SMILES string of the molecule is Fc1ccc(-c2cccnc2)c2ccccc12. The number of aromatic nitrogens is 1. The Balaban J connectivity index is 2.35. The van der Waals surface area contributed by atoms with Gasteiger partial charge in [0.15, 0.2) is 0 Å². The standard InChI is InChI=1S/C15H10FN/c16-15-8-7-12(11-4-3-9-17-10-11)13-5-1-2-6-14(13)15/h1-10H. The molecule has 3 aromatic rings. The monoisotopic (exact) mass is 223 g/mol. The minimum Gasteiger partial charge on any atom is -0.264 e. The topological polar surface area (TPSA) is 12.9 Å². The van der Waals surface area contributed by atoms with E-state index in [4.69, 9.17) is 0 Å². The fourth-order valence-corrected chi connectivity index (χ4v) is 2.04. The van der Waals surface area contributed by atoms with Gasteiger partial charge in [-0.2, -0.15) is 0 Å². The molecule has 1 heterocycles. The van der Waals surface area contributed by atoms with Crippen molar-refractivity contribution >= 4 is 10.8 Å². The molecule has 2 heteroatoms. The number of hydrogen-bond acceptors (Lipinski definition) is 1. The molecule has 0 spiro atoms. The highest BCUT2D eigenvalue weighted by atomic mass is 19.1. The van der Waals surface area contributed by atoms with Crippen molar-refractivity contribution in [3.05, 3.63) is 66.7 Å². The van der Waals surface area contributed by atoms with Gasteiger partial charge in [-0.25, -0.2) is 4.39 Å². The van der Waals surface area contributed by atoms with Gasteiger partial charge in [0, 0.05) is 23.3 Å². The molecule has 0 fully saturated rings. The summed E-state index contributed by atoms with van der Waals surface area (Å²) in [4.78, 5) is 4.10. The van der Waals surface area contributed by atoms with E-state index in [0.29, 0.717) is 5.39 Å². The van der Waals surface area contributed by atoms with E-state index in [1.165, 1.54) is 6.07 Å². The van der Waals surface area contributed by atoms with Crippen LogP contribution < -0.4 is 0 Å². The van der Waals surface area contributed by atoms with Crippen LogP contribution in [0, 0.1) is 5.82 Å². The van der Waals surface area contributed by atoms with Crippen LogP contribution in [0.4, 0.5) is 4.39 Å². The smallest absolute Gasteiger partial charge is 0.131 e. The van der Waals surface area contributed by atoms with Gasteiger partial charge in [-0.15, -0.1) is 0 Å². The first-order chi connectivity index (χ1) is 8.36. The zero-order valence-corrected chi connectivity index (χ0v) is 9.10. The molecule has 0 aliphatic heterocycles. The molecule has 0 radical (unpaired) electrons. The second kappa shape index (κ2) is 3.98. The highest BCUT2D eigenvalue weighted by molar-refractivity contribution is 5.96. The maximum Gasteiger partial charge on any atom is 0.131 e. The van der Waals surface area contributed by atoms with Gasteiger partial charge in [0.05, 0.1) is 0 Å². The average Bonchev–Trinajstić information content (AvgIpc) is 2.41. The van der Waals surface area contributed by atoms with Crippen molar-refractivity contribution in [1.82, 2.24) is 4.98 Å². The van der Waals surface area contributed by atoms with Crippen molar-refractivity contribution in [2.45, 2.75) is 0 Å². The summed E-state index contributed by atoms with van der Waals surface area (Å²) in [5.41, 5.74) is 2.01. The molecular weight excluding hydrogens is 213 g/mol. The Bertz CT molecular complexity index is 662. The molecule has 0 N–H and O–H groups in total. The Labute approximate surface area is 98.6 Å². The van der Waals surface area contributed by atoms with Crippen molar-refractivity contribution in [2.24, 2.45) is 0 Å². The molecule has 0 saturated heterocycles. The number of hydrogen-bond donors (Lipinski definition) is 0. The number of benzene rings is 2. The summed E-state index contributed by atoms with van der Waals surface area (Å²) in [6.45, 7) is 0. The molecule has 0 aliphatic carbocycles. The van der Waals surface area contributed by atoms with E-state index in [2.05, 4.69) is 4.98 Å². The van der Waals surface area contributed by atoms with E-state index in [0.717, 1.165) is 16.5 Å². The largest absolute Gasteiger partial charge is 0.264 e. The molecule has 0 aliphatic rings. The molecule has 1 aromatic heterocycles. The predicted octanol–water partition coefficient (Wildman–Crippen LogP) is 4.04. The summed E-state index contributed by atoms with van der Waals surface area (Å²) in [6, 6.07) is 14.7. The summed E-state index contributed by atoms with van der Waals surface area (Å²) in [5, 5.41) is 1.56. The fraction of sp³-hybridized carbons (Fsp3) is 0. The number of halogens is 1. The van der Waals surface area contributed by atoms with Crippen molar-refractivity contribution < 1.29 is 4.39 Å². The highest BCUT2D eigenvalue weighted by Gasteiger charge is 2.06. The van der Waals surface area contributed by atoms with Crippen LogP contribution in [0.3, 0.4) is 0 Å². The lowest BCUT2D eigenvalue weighted by atomic mass is 9.99. The molecule has 82 valence electrons. The third-order valence-electron chi connectivity index (χ3n) is 2.84. The molecule has 0 bridgehead atoms. The van der Waals surface area contributed by atoms with E-state index in [-0.39, 0.29) is 5.82 Å². The van der Waals surface area contributed by atoms with Crippen molar-refractivity contribution in [1.29, 1.82) is 0 Å². The third kappa shape index (κ3) is 1.68. The van der Waals surface area contributed by atoms with E-state index in [9.17, 15) is 4.39 Å². The Morgan fingerprint density at radius 3 is 2.41 bits per heavy atom. The minimum absolute atomic E-state index is 0.187. The van der Waals surface area contributed by atoms with E-state index < -0.39 is 0 Å².